The predicted octanol–water partition coefficient (Wildman–Crippen LogP) is 4.78. The van der Waals surface area contributed by atoms with E-state index in [0.29, 0.717) is 41.7 Å². The van der Waals surface area contributed by atoms with Crippen molar-refractivity contribution < 1.29 is 18.3 Å². The van der Waals surface area contributed by atoms with Crippen LogP contribution in [0.15, 0.2) is 64.8 Å². The number of nitrogens with zero attached hydrogens (tertiary/aromatic N) is 3. The third-order valence-electron chi connectivity index (χ3n) is 6.02. The van der Waals surface area contributed by atoms with Gasteiger partial charge in [0, 0.05) is 31.3 Å². The number of ether oxygens (including phenoxy) is 1. The van der Waals surface area contributed by atoms with Crippen LogP contribution in [0.5, 0.6) is 5.75 Å². The molecule has 1 aliphatic rings. The van der Waals surface area contributed by atoms with Crippen LogP contribution in [0.4, 0.5) is 25.2 Å². The Labute approximate surface area is 215 Å². The molecule has 0 fully saturated rings. The molecule has 0 atom stereocenters. The molecule has 5 rings (SSSR count). The minimum Gasteiger partial charge on any atom is -0.497 e. The van der Waals surface area contributed by atoms with Gasteiger partial charge in [-0.25, -0.2) is 23.1 Å². The van der Waals surface area contributed by atoms with Crippen molar-refractivity contribution in [3.63, 3.8) is 0 Å². The SMILES string of the molecule is COc1ccc(CNc2nc3c(c(=O)n2-c2cccs2)CN(C(=O)Nc2ccc(F)c(F)c2)CC3)cc1. The van der Waals surface area contributed by atoms with Crippen molar-refractivity contribution in [2.75, 3.05) is 24.3 Å². The Morgan fingerprint density at radius 2 is 1.95 bits per heavy atom. The summed E-state index contributed by atoms with van der Waals surface area (Å²) in [4.78, 5) is 32.7. The van der Waals surface area contributed by atoms with Crippen LogP contribution in [0.3, 0.4) is 0 Å². The summed E-state index contributed by atoms with van der Waals surface area (Å²) in [6, 6.07) is 13.9. The van der Waals surface area contributed by atoms with Crippen molar-refractivity contribution >= 4 is 29.0 Å². The summed E-state index contributed by atoms with van der Waals surface area (Å²) in [6.07, 6.45) is 0.373. The molecule has 11 heteroatoms. The molecule has 0 saturated carbocycles. The van der Waals surface area contributed by atoms with Crippen molar-refractivity contribution in [2.24, 2.45) is 0 Å². The lowest BCUT2D eigenvalue weighted by atomic mass is 10.1. The fraction of sp³-hybridized carbons (Fsp3) is 0.192. The van der Waals surface area contributed by atoms with E-state index in [1.54, 1.807) is 7.11 Å². The lowest BCUT2D eigenvalue weighted by Crippen LogP contribution is -2.43. The Bertz CT molecular complexity index is 1490. The van der Waals surface area contributed by atoms with Crippen molar-refractivity contribution in [1.29, 1.82) is 0 Å². The molecule has 0 unspecified atom stereocenters. The van der Waals surface area contributed by atoms with E-state index >= 15 is 0 Å². The lowest BCUT2D eigenvalue weighted by molar-refractivity contribution is 0.205. The molecule has 8 nitrogen and oxygen atoms in total. The highest BCUT2D eigenvalue weighted by Gasteiger charge is 2.27. The minimum absolute atomic E-state index is 0.0425. The Balaban J connectivity index is 1.40. The highest BCUT2D eigenvalue weighted by atomic mass is 32.1. The summed E-state index contributed by atoms with van der Waals surface area (Å²) in [6.45, 7) is 0.806. The van der Waals surface area contributed by atoms with E-state index in [1.165, 1.54) is 26.9 Å². The van der Waals surface area contributed by atoms with E-state index in [0.717, 1.165) is 23.4 Å². The molecule has 0 spiro atoms. The fourth-order valence-corrected chi connectivity index (χ4v) is 4.80. The van der Waals surface area contributed by atoms with Crippen LogP contribution in [0.1, 0.15) is 16.8 Å². The Morgan fingerprint density at radius 3 is 2.65 bits per heavy atom. The molecule has 3 heterocycles. The number of amides is 2. The first-order valence-electron chi connectivity index (χ1n) is 11.5. The first kappa shape index (κ1) is 24.4. The van der Waals surface area contributed by atoms with E-state index in [9.17, 15) is 18.4 Å². The maximum atomic E-state index is 13.7. The zero-order valence-corrected chi connectivity index (χ0v) is 20.6. The van der Waals surface area contributed by atoms with Gasteiger partial charge in [0.25, 0.3) is 5.56 Å². The second-order valence-electron chi connectivity index (χ2n) is 8.38. The third-order valence-corrected chi connectivity index (χ3v) is 6.88. The second-order valence-corrected chi connectivity index (χ2v) is 9.31. The number of nitrogens with one attached hydrogen (secondary N) is 2. The summed E-state index contributed by atoms with van der Waals surface area (Å²) in [5.41, 5.74) is 1.88. The van der Waals surface area contributed by atoms with Crippen LogP contribution < -0.4 is 20.9 Å². The zero-order valence-electron chi connectivity index (χ0n) is 19.8. The summed E-state index contributed by atoms with van der Waals surface area (Å²) in [7, 11) is 1.61. The van der Waals surface area contributed by atoms with Gasteiger partial charge in [-0.3, -0.25) is 4.79 Å². The van der Waals surface area contributed by atoms with Gasteiger partial charge in [-0.05, 0) is 47.3 Å². The number of hydrogen-bond acceptors (Lipinski definition) is 6. The number of benzene rings is 2. The lowest BCUT2D eigenvalue weighted by Gasteiger charge is -2.29. The molecular formula is C26H23F2N5O3S. The molecule has 0 radical (unpaired) electrons. The summed E-state index contributed by atoms with van der Waals surface area (Å²) in [5, 5.41) is 8.41. The van der Waals surface area contributed by atoms with Crippen molar-refractivity contribution in [2.45, 2.75) is 19.5 Å². The molecule has 1 aliphatic heterocycles. The van der Waals surface area contributed by atoms with Gasteiger partial charge in [0.1, 0.15) is 10.8 Å². The number of urea groups is 1. The van der Waals surface area contributed by atoms with Gasteiger partial charge in [0.05, 0.1) is 24.9 Å². The van der Waals surface area contributed by atoms with Crippen molar-refractivity contribution in [3.05, 3.63) is 98.8 Å². The number of hydrogen-bond donors (Lipinski definition) is 2. The number of halogens is 2. The number of methoxy groups -OCH3 is 1. The smallest absolute Gasteiger partial charge is 0.322 e. The van der Waals surface area contributed by atoms with Crippen molar-refractivity contribution in [1.82, 2.24) is 14.5 Å². The molecule has 0 bridgehead atoms. The van der Waals surface area contributed by atoms with Crippen LogP contribution in [-0.2, 0) is 19.5 Å². The summed E-state index contributed by atoms with van der Waals surface area (Å²) >= 11 is 1.40. The average molecular weight is 524 g/mol. The monoisotopic (exact) mass is 523 g/mol. The number of carbonyl (C=O) groups excluding carboxylic acids is 1. The number of fused-ring (bicyclic) bond motifs is 1. The van der Waals surface area contributed by atoms with Crippen LogP contribution in [0.2, 0.25) is 0 Å². The third kappa shape index (κ3) is 5.17. The van der Waals surface area contributed by atoms with Gasteiger partial charge in [0.15, 0.2) is 11.6 Å². The number of carbonyl (C=O) groups is 1. The minimum atomic E-state index is -1.06. The van der Waals surface area contributed by atoms with E-state index in [1.807, 2.05) is 41.8 Å². The quantitative estimate of drug-likeness (QED) is 0.380. The van der Waals surface area contributed by atoms with E-state index in [4.69, 9.17) is 9.72 Å². The average Bonchev–Trinajstić information content (AvgIpc) is 3.44. The normalized spacial score (nSPS) is 12.7. The highest BCUT2D eigenvalue weighted by molar-refractivity contribution is 7.12. The Morgan fingerprint density at radius 1 is 1.14 bits per heavy atom. The standard InChI is InChI=1S/C26H23F2N5O3S/c1-36-18-7-4-16(5-8-18)14-29-25-31-22-10-11-32(26(35)30-17-6-9-20(27)21(28)13-17)15-19(22)24(34)33(25)23-3-2-12-37-23/h2-9,12-13H,10-11,14-15H2,1H3,(H,29,31)(H,30,35). The van der Waals surface area contributed by atoms with Crippen LogP contribution in [-0.4, -0.2) is 34.1 Å². The predicted molar refractivity (Wildman–Crippen MR) is 138 cm³/mol. The number of anilines is 2. The van der Waals surface area contributed by atoms with Crippen LogP contribution in [0.25, 0.3) is 5.00 Å². The Kier molecular flexibility index (Phi) is 6.87. The maximum Gasteiger partial charge on any atom is 0.322 e. The molecule has 2 amide bonds. The van der Waals surface area contributed by atoms with Crippen LogP contribution >= 0.6 is 11.3 Å². The first-order valence-corrected chi connectivity index (χ1v) is 12.4. The number of aromatic nitrogens is 2. The topological polar surface area (TPSA) is 88.5 Å². The molecule has 190 valence electrons. The summed E-state index contributed by atoms with van der Waals surface area (Å²) in [5.74, 6) is -0.882. The molecule has 2 aromatic carbocycles. The van der Waals surface area contributed by atoms with Gasteiger partial charge in [-0.15, -0.1) is 11.3 Å². The largest absolute Gasteiger partial charge is 0.497 e. The van der Waals surface area contributed by atoms with E-state index < -0.39 is 17.7 Å². The molecule has 0 saturated heterocycles. The van der Waals surface area contributed by atoms with Gasteiger partial charge >= 0.3 is 6.03 Å². The maximum absolute atomic E-state index is 13.7. The molecule has 4 aromatic rings. The summed E-state index contributed by atoms with van der Waals surface area (Å²) < 4.78 is 33.5. The van der Waals surface area contributed by atoms with Gasteiger partial charge in [-0.1, -0.05) is 12.1 Å². The highest BCUT2D eigenvalue weighted by Crippen LogP contribution is 2.23. The molecule has 37 heavy (non-hydrogen) atoms. The zero-order chi connectivity index (χ0) is 25.9. The van der Waals surface area contributed by atoms with Crippen LogP contribution in [0, 0.1) is 11.6 Å². The molecule has 2 N–H and O–H groups in total. The molecular weight excluding hydrogens is 500 g/mol. The fourth-order valence-electron chi connectivity index (χ4n) is 4.07. The van der Waals surface area contributed by atoms with E-state index in [2.05, 4.69) is 10.6 Å². The van der Waals surface area contributed by atoms with Gasteiger partial charge in [-0.2, -0.15) is 0 Å². The van der Waals surface area contributed by atoms with Gasteiger partial charge < -0.3 is 20.3 Å². The second kappa shape index (κ2) is 10.4. The molecule has 0 aliphatic carbocycles. The molecule has 2 aromatic heterocycles. The Hall–Kier alpha value is -4.25. The van der Waals surface area contributed by atoms with E-state index in [-0.39, 0.29) is 17.8 Å². The number of rotatable bonds is 6. The number of thiophene rings is 1. The first-order chi connectivity index (χ1) is 17.9. The van der Waals surface area contributed by atoms with Crippen molar-refractivity contribution in [3.8, 4) is 10.8 Å². The van der Waals surface area contributed by atoms with Gasteiger partial charge in [0.2, 0.25) is 5.95 Å².